The van der Waals surface area contributed by atoms with Gasteiger partial charge in [-0.15, -0.1) is 0 Å². The molecule has 4 heterocycles. The largest absolute Gasteiger partial charge is 0.494 e. The van der Waals surface area contributed by atoms with Crippen LogP contribution in [0, 0.1) is 5.92 Å². The lowest BCUT2D eigenvalue weighted by molar-refractivity contribution is 0.0606. The van der Waals surface area contributed by atoms with Crippen LogP contribution >= 0.6 is 0 Å². The van der Waals surface area contributed by atoms with Crippen molar-refractivity contribution in [2.75, 3.05) is 20.2 Å². The number of aryl methyl sites for hydroxylation is 1. The van der Waals surface area contributed by atoms with E-state index in [2.05, 4.69) is 10.6 Å². The number of rotatable bonds is 8. The van der Waals surface area contributed by atoms with Crippen LogP contribution in [0.1, 0.15) is 35.2 Å². The summed E-state index contributed by atoms with van der Waals surface area (Å²) in [6.45, 7) is 1.09. The van der Waals surface area contributed by atoms with Gasteiger partial charge in [-0.05, 0) is 61.1 Å². The molecule has 2 aliphatic rings. The second-order valence-electron chi connectivity index (χ2n) is 12.5. The van der Waals surface area contributed by atoms with E-state index in [1.807, 2.05) is 35.9 Å². The number of nitrogens with zero attached hydrogens (tertiary/aromatic N) is 5. The maximum Gasteiger partial charge on any atom is 0.254 e. The summed E-state index contributed by atoms with van der Waals surface area (Å²) < 4.78 is 47.2. The molecule has 4 N–H and O–H groups in total. The lowest BCUT2D eigenvalue weighted by Crippen LogP contribution is -2.50. The highest BCUT2D eigenvalue weighted by Gasteiger charge is 2.30. The highest BCUT2D eigenvalue weighted by atomic mass is 32.2. The summed E-state index contributed by atoms with van der Waals surface area (Å²) in [5.41, 5.74) is 11.7. The number of ether oxygens (including phenoxy) is 1. The summed E-state index contributed by atoms with van der Waals surface area (Å²) in [4.78, 5) is 25.0. The monoisotopic (exact) mass is 645 g/mol. The van der Waals surface area contributed by atoms with Crippen molar-refractivity contribution in [2.45, 2.75) is 43.8 Å². The zero-order valence-corrected chi connectivity index (χ0v) is 26.5. The number of benzene rings is 2. The molecule has 0 radical (unpaired) electrons. The molecule has 46 heavy (non-hydrogen) atoms. The summed E-state index contributed by atoms with van der Waals surface area (Å²) in [6, 6.07) is 16.3. The Morgan fingerprint density at radius 2 is 1.83 bits per heavy atom. The minimum Gasteiger partial charge on any atom is -0.494 e. The third kappa shape index (κ3) is 5.85. The maximum absolute atomic E-state index is 14.3. The summed E-state index contributed by atoms with van der Waals surface area (Å²) in [6.07, 6.45) is 1.38. The van der Waals surface area contributed by atoms with Crippen LogP contribution in [0.25, 0.3) is 44.8 Å². The van der Waals surface area contributed by atoms with E-state index < -0.39 is 22.2 Å². The Balaban J connectivity index is 1.30. The Labute approximate surface area is 266 Å². The number of hydrogen-bond donors (Lipinski definition) is 2. The number of carbonyl (C=O) groups excluding carboxylic acids is 1. The smallest absolute Gasteiger partial charge is 0.254 e. The third-order valence-corrected chi connectivity index (χ3v) is 9.58. The predicted molar refractivity (Wildman–Crippen MR) is 174 cm³/mol. The molecular weight excluding hydrogens is 609 g/mol. The number of aromatic nitrogens is 4. The second kappa shape index (κ2) is 11.5. The molecule has 7 rings (SSSR count). The number of hydrogen-bond acceptors (Lipinski definition) is 7. The first-order valence-electron chi connectivity index (χ1n) is 15.3. The SMILES string of the molecule is COc1cc(C(=O)N2C[C@H](N)C[C@@H](F)C2)cc2nc(-c3cc4ccc(-c5ccc(CS(N)(=O)=O)cc5)nc4n3CC3CC3)n(C)c12. The van der Waals surface area contributed by atoms with Crippen LogP contribution in [-0.4, -0.2) is 70.7 Å². The molecule has 2 fully saturated rings. The van der Waals surface area contributed by atoms with Crippen molar-refractivity contribution < 1.29 is 22.3 Å². The lowest BCUT2D eigenvalue weighted by atomic mass is 10.0. The topological polar surface area (TPSA) is 151 Å². The van der Waals surface area contributed by atoms with Gasteiger partial charge < -0.3 is 24.5 Å². The summed E-state index contributed by atoms with van der Waals surface area (Å²) >= 11 is 0. The van der Waals surface area contributed by atoms with Crippen molar-refractivity contribution in [3.8, 4) is 28.5 Å². The molecule has 1 aliphatic heterocycles. The Kier molecular flexibility index (Phi) is 7.57. The van der Waals surface area contributed by atoms with Gasteiger partial charge in [0, 0.05) is 42.7 Å². The van der Waals surface area contributed by atoms with Gasteiger partial charge in [0.05, 0.1) is 36.3 Å². The number of nitrogens with two attached hydrogens (primary N) is 2. The molecule has 1 aliphatic carbocycles. The molecule has 2 aromatic carbocycles. The molecule has 240 valence electrons. The van der Waals surface area contributed by atoms with Crippen LogP contribution in [0.5, 0.6) is 5.75 Å². The number of amides is 1. The van der Waals surface area contributed by atoms with Crippen molar-refractivity contribution in [1.29, 1.82) is 0 Å². The van der Waals surface area contributed by atoms with Crippen molar-refractivity contribution in [2.24, 2.45) is 23.8 Å². The molecular formula is C33H36FN7O4S. The number of alkyl halides is 1. The zero-order chi connectivity index (χ0) is 32.3. The van der Waals surface area contributed by atoms with Gasteiger partial charge in [-0.1, -0.05) is 24.3 Å². The Morgan fingerprint density at radius 1 is 1.07 bits per heavy atom. The molecule has 1 saturated heterocycles. The second-order valence-corrected chi connectivity index (χ2v) is 14.2. The van der Waals surface area contributed by atoms with Crippen LogP contribution < -0.4 is 15.6 Å². The highest BCUT2D eigenvalue weighted by Crippen LogP contribution is 2.38. The fraction of sp³-hybridized carbons (Fsp3) is 0.364. The number of halogens is 1. The van der Waals surface area contributed by atoms with E-state index in [1.165, 1.54) is 4.90 Å². The van der Waals surface area contributed by atoms with Gasteiger partial charge in [0.15, 0.2) is 5.82 Å². The van der Waals surface area contributed by atoms with Crippen LogP contribution in [0.4, 0.5) is 4.39 Å². The van der Waals surface area contributed by atoms with Crippen molar-refractivity contribution in [1.82, 2.24) is 24.0 Å². The standard InChI is InChI=1S/C33H36FN7O4S/c1-39-30-27(11-23(13-29(30)45-2)33(42)40-16-24(34)14-25(35)17-40)38-32(39)28-12-22-9-10-26(37-31(22)41(28)15-19-3-4-19)21-7-5-20(6-8-21)18-46(36,43)44/h5-13,19,24-25H,3-4,14-18,35H2,1-2H3,(H2,36,43,44)/t24-,25-/m1/s1. The highest BCUT2D eigenvalue weighted by molar-refractivity contribution is 7.88. The molecule has 0 spiro atoms. The van der Waals surface area contributed by atoms with Crippen molar-refractivity contribution in [3.63, 3.8) is 0 Å². The van der Waals surface area contributed by atoms with Gasteiger partial charge in [-0.3, -0.25) is 4.79 Å². The Bertz CT molecular complexity index is 2080. The van der Waals surface area contributed by atoms with E-state index in [0.717, 1.165) is 52.9 Å². The van der Waals surface area contributed by atoms with Gasteiger partial charge in [0.25, 0.3) is 5.91 Å². The molecule has 2 atom stereocenters. The summed E-state index contributed by atoms with van der Waals surface area (Å²) in [7, 11) is -0.144. The van der Waals surface area contributed by atoms with Crippen LogP contribution in [-0.2, 0) is 29.4 Å². The number of carbonyl (C=O) groups is 1. The number of imidazole rings is 1. The zero-order valence-electron chi connectivity index (χ0n) is 25.7. The summed E-state index contributed by atoms with van der Waals surface area (Å²) in [5, 5.41) is 6.17. The molecule has 0 unspecified atom stereocenters. The molecule has 11 nitrogen and oxygen atoms in total. The van der Waals surface area contributed by atoms with Crippen LogP contribution in [0.15, 0.2) is 54.6 Å². The van der Waals surface area contributed by atoms with Crippen LogP contribution in [0.2, 0.25) is 0 Å². The number of piperidine rings is 1. The van der Waals surface area contributed by atoms with Crippen molar-refractivity contribution >= 4 is 38.0 Å². The minimum absolute atomic E-state index is 0.0103. The average Bonchev–Trinajstić information content (AvgIpc) is 3.68. The quantitative estimate of drug-likeness (QED) is 0.259. The first kappa shape index (κ1) is 30.3. The fourth-order valence-electron chi connectivity index (χ4n) is 6.46. The summed E-state index contributed by atoms with van der Waals surface area (Å²) in [5.74, 6) is 1.21. The third-order valence-electron chi connectivity index (χ3n) is 8.85. The van der Waals surface area contributed by atoms with Crippen molar-refractivity contribution in [3.05, 3.63) is 65.7 Å². The lowest BCUT2D eigenvalue weighted by Gasteiger charge is -2.33. The fourth-order valence-corrected chi connectivity index (χ4v) is 7.12. The first-order chi connectivity index (χ1) is 22.0. The number of sulfonamides is 1. The van der Waals surface area contributed by atoms with E-state index >= 15 is 0 Å². The van der Waals surface area contributed by atoms with E-state index in [9.17, 15) is 17.6 Å². The Morgan fingerprint density at radius 3 is 2.50 bits per heavy atom. The molecule has 1 saturated carbocycles. The van der Waals surface area contributed by atoms with E-state index in [-0.39, 0.29) is 24.6 Å². The number of pyridine rings is 1. The predicted octanol–water partition coefficient (Wildman–Crippen LogP) is 3.98. The minimum atomic E-state index is -3.62. The van der Waals surface area contributed by atoms with Gasteiger partial charge in [-0.2, -0.15) is 0 Å². The number of primary sulfonamides is 1. The van der Waals surface area contributed by atoms with E-state index in [1.54, 1.807) is 31.4 Å². The number of methoxy groups -OCH3 is 1. The molecule has 3 aromatic heterocycles. The van der Waals surface area contributed by atoms with E-state index in [4.69, 9.17) is 25.6 Å². The molecule has 5 aromatic rings. The average molecular weight is 646 g/mol. The number of likely N-dealkylation sites (tertiary alicyclic amines) is 1. The first-order valence-corrected chi connectivity index (χ1v) is 17.0. The molecule has 0 bridgehead atoms. The van der Waals surface area contributed by atoms with Gasteiger partial charge in [0.1, 0.15) is 23.1 Å². The maximum atomic E-state index is 14.3. The van der Waals surface area contributed by atoms with Gasteiger partial charge in [0.2, 0.25) is 10.0 Å². The Hall–Kier alpha value is -4.33. The van der Waals surface area contributed by atoms with Gasteiger partial charge in [-0.25, -0.2) is 27.9 Å². The normalized spacial score (nSPS) is 18.8. The molecule has 13 heteroatoms. The molecule has 1 amide bonds. The van der Waals surface area contributed by atoms with Gasteiger partial charge >= 0.3 is 0 Å². The van der Waals surface area contributed by atoms with Crippen LogP contribution in [0.3, 0.4) is 0 Å². The van der Waals surface area contributed by atoms with E-state index in [0.29, 0.717) is 40.7 Å². The number of fused-ring (bicyclic) bond motifs is 2.